The van der Waals surface area contributed by atoms with Gasteiger partial charge in [0.15, 0.2) is 0 Å². The molecule has 1 fully saturated rings. The average Bonchev–Trinajstić information content (AvgIpc) is 3.06. The molecule has 0 bridgehead atoms. The van der Waals surface area contributed by atoms with Crippen LogP contribution in [0, 0.1) is 6.92 Å². The van der Waals surface area contributed by atoms with Crippen molar-refractivity contribution in [3.8, 4) is 11.3 Å². The third-order valence-corrected chi connectivity index (χ3v) is 4.81. The summed E-state index contributed by atoms with van der Waals surface area (Å²) < 4.78 is 5.26. The van der Waals surface area contributed by atoms with E-state index in [2.05, 4.69) is 17.2 Å². The lowest BCUT2D eigenvalue weighted by molar-refractivity contribution is 0.0924. The van der Waals surface area contributed by atoms with Crippen molar-refractivity contribution in [1.82, 2.24) is 10.3 Å². The van der Waals surface area contributed by atoms with Crippen molar-refractivity contribution in [1.29, 1.82) is 0 Å². The number of pyridine rings is 1. The number of carbonyl (C=O) groups excluding carboxylic acids is 2. The Balaban J connectivity index is 2.03. The van der Waals surface area contributed by atoms with Crippen LogP contribution in [0.1, 0.15) is 42.6 Å². The monoisotopic (exact) mass is 397 g/mol. The maximum absolute atomic E-state index is 12.7. The first-order chi connectivity index (χ1) is 13.9. The van der Waals surface area contributed by atoms with Crippen molar-refractivity contribution in [2.45, 2.75) is 45.8 Å². The van der Waals surface area contributed by atoms with Gasteiger partial charge in [0, 0.05) is 29.6 Å². The largest absolute Gasteiger partial charge is 0.447 e. The Morgan fingerprint density at radius 2 is 2.17 bits per heavy atom. The van der Waals surface area contributed by atoms with Crippen LogP contribution in [0.25, 0.3) is 11.3 Å². The van der Waals surface area contributed by atoms with E-state index < -0.39 is 12.2 Å². The van der Waals surface area contributed by atoms with Crippen LogP contribution >= 0.6 is 0 Å². The number of aliphatic hydroxyl groups is 1. The molecule has 7 heteroatoms. The maximum Gasteiger partial charge on any atom is 0.414 e. The van der Waals surface area contributed by atoms with Gasteiger partial charge >= 0.3 is 6.09 Å². The molecule has 0 radical (unpaired) electrons. The molecule has 7 nitrogen and oxygen atoms in total. The van der Waals surface area contributed by atoms with Crippen LogP contribution < -0.4 is 10.2 Å². The molecule has 1 saturated heterocycles. The number of aliphatic hydroxyl groups excluding tert-OH is 1. The van der Waals surface area contributed by atoms with Gasteiger partial charge in [-0.15, -0.1) is 0 Å². The molecule has 2 N–H and O–H groups in total. The molecular formula is C22H27N3O4. The molecule has 0 spiro atoms. The quantitative estimate of drug-likeness (QED) is 0.748. The number of carbonyl (C=O) groups is 2. The fraction of sp³-hybridized carbons (Fsp3) is 0.409. The number of aromatic nitrogens is 1. The Hall–Kier alpha value is -2.93. The summed E-state index contributed by atoms with van der Waals surface area (Å²) in [4.78, 5) is 31.1. The number of nitrogens with zero attached hydrogens (tertiary/aromatic N) is 2. The van der Waals surface area contributed by atoms with Crippen molar-refractivity contribution in [2.75, 3.05) is 18.1 Å². The molecule has 0 unspecified atom stereocenters. The minimum atomic E-state index is -0.650. The molecule has 154 valence electrons. The number of nitrogens with one attached hydrogen (secondary N) is 1. The summed E-state index contributed by atoms with van der Waals surface area (Å²) in [6.07, 6.45) is 2.43. The van der Waals surface area contributed by atoms with E-state index in [1.807, 2.05) is 25.1 Å². The smallest absolute Gasteiger partial charge is 0.414 e. The summed E-state index contributed by atoms with van der Waals surface area (Å²) in [6, 6.07) is 9.06. The summed E-state index contributed by atoms with van der Waals surface area (Å²) in [6.45, 7) is 6.10. The van der Waals surface area contributed by atoms with Gasteiger partial charge in [0.25, 0.3) is 5.91 Å². The SMILES string of the molecule is CCC[C@@H]1COC(=O)N1c1cc(C(=O)NC[C@H](C)O)cc(-c2ccc(C)cn2)c1. The summed E-state index contributed by atoms with van der Waals surface area (Å²) >= 11 is 0. The molecule has 1 aromatic carbocycles. The van der Waals surface area contributed by atoms with Crippen LogP contribution in [0.5, 0.6) is 0 Å². The zero-order valence-electron chi connectivity index (χ0n) is 17.0. The summed E-state index contributed by atoms with van der Waals surface area (Å²) in [7, 11) is 0. The van der Waals surface area contributed by atoms with Gasteiger partial charge in [-0.3, -0.25) is 14.7 Å². The van der Waals surface area contributed by atoms with Gasteiger partial charge in [-0.05, 0) is 50.1 Å². The summed E-state index contributed by atoms with van der Waals surface area (Å²) in [5.74, 6) is -0.319. The molecule has 0 saturated carbocycles. The second-order valence-electron chi connectivity index (χ2n) is 7.44. The highest BCUT2D eigenvalue weighted by atomic mass is 16.6. The number of amides is 2. The standard InChI is InChI=1S/C22H27N3O4/c1-4-5-18-13-29-22(28)25(18)19-9-16(20-7-6-14(2)11-23-20)8-17(10-19)21(27)24-12-15(3)26/h6-11,15,18,26H,4-5,12-13H2,1-3H3,(H,24,27)/t15-,18+/m0/s1. The van der Waals surface area contributed by atoms with E-state index in [9.17, 15) is 14.7 Å². The predicted molar refractivity (Wildman–Crippen MR) is 111 cm³/mol. The van der Waals surface area contributed by atoms with Crippen molar-refractivity contribution in [3.63, 3.8) is 0 Å². The molecule has 29 heavy (non-hydrogen) atoms. The Morgan fingerprint density at radius 1 is 1.38 bits per heavy atom. The van der Waals surface area contributed by atoms with E-state index >= 15 is 0 Å². The second kappa shape index (κ2) is 9.05. The van der Waals surface area contributed by atoms with Crippen molar-refractivity contribution >= 4 is 17.7 Å². The van der Waals surface area contributed by atoms with Crippen molar-refractivity contribution in [2.24, 2.45) is 0 Å². The zero-order chi connectivity index (χ0) is 21.0. The van der Waals surface area contributed by atoms with Crippen molar-refractivity contribution in [3.05, 3.63) is 47.7 Å². The first kappa shape index (κ1) is 20.8. The van der Waals surface area contributed by atoms with E-state index in [4.69, 9.17) is 4.74 Å². The van der Waals surface area contributed by atoms with Gasteiger partial charge in [0.05, 0.1) is 17.8 Å². The maximum atomic E-state index is 12.7. The van der Waals surface area contributed by atoms with Crippen LogP contribution in [0.15, 0.2) is 36.5 Å². The number of ether oxygens (including phenoxy) is 1. The van der Waals surface area contributed by atoms with Crippen LogP contribution in [0.4, 0.5) is 10.5 Å². The van der Waals surface area contributed by atoms with E-state index in [0.29, 0.717) is 23.6 Å². The van der Waals surface area contributed by atoms with Gasteiger partial charge in [0.1, 0.15) is 6.61 Å². The highest BCUT2D eigenvalue weighted by Gasteiger charge is 2.34. The number of anilines is 1. The molecule has 2 atom stereocenters. The average molecular weight is 397 g/mol. The highest BCUT2D eigenvalue weighted by molar-refractivity contribution is 5.99. The Labute approximate surface area is 170 Å². The highest BCUT2D eigenvalue weighted by Crippen LogP contribution is 2.31. The van der Waals surface area contributed by atoms with Crippen LogP contribution in [-0.4, -0.2) is 47.4 Å². The van der Waals surface area contributed by atoms with Gasteiger partial charge in [-0.25, -0.2) is 4.79 Å². The number of hydrogen-bond donors (Lipinski definition) is 2. The van der Waals surface area contributed by atoms with E-state index in [-0.39, 0.29) is 18.5 Å². The molecular weight excluding hydrogens is 370 g/mol. The predicted octanol–water partition coefficient (Wildman–Crippen LogP) is 3.29. The molecule has 2 heterocycles. The summed E-state index contributed by atoms with van der Waals surface area (Å²) in [5, 5.41) is 12.2. The number of benzene rings is 1. The first-order valence-corrected chi connectivity index (χ1v) is 9.89. The van der Waals surface area contributed by atoms with Crippen molar-refractivity contribution < 1.29 is 19.4 Å². The molecule has 1 aliphatic rings. The lowest BCUT2D eigenvalue weighted by Gasteiger charge is -2.22. The molecule has 1 aliphatic heterocycles. The van der Waals surface area contributed by atoms with E-state index in [0.717, 1.165) is 24.0 Å². The molecule has 3 rings (SSSR count). The third-order valence-electron chi connectivity index (χ3n) is 4.81. The number of cyclic esters (lactones) is 1. The minimum absolute atomic E-state index is 0.0675. The lowest BCUT2D eigenvalue weighted by Crippen LogP contribution is -2.34. The molecule has 2 amide bonds. The van der Waals surface area contributed by atoms with Crippen LogP contribution in [-0.2, 0) is 4.74 Å². The topological polar surface area (TPSA) is 91.8 Å². The minimum Gasteiger partial charge on any atom is -0.447 e. The Bertz CT molecular complexity index is 880. The van der Waals surface area contributed by atoms with Crippen LogP contribution in [0.3, 0.4) is 0 Å². The van der Waals surface area contributed by atoms with Gasteiger partial charge in [-0.2, -0.15) is 0 Å². The van der Waals surface area contributed by atoms with E-state index in [1.165, 1.54) is 0 Å². The molecule has 2 aromatic rings. The van der Waals surface area contributed by atoms with E-state index in [1.54, 1.807) is 30.2 Å². The van der Waals surface area contributed by atoms with Gasteiger partial charge in [0.2, 0.25) is 0 Å². The summed E-state index contributed by atoms with van der Waals surface area (Å²) in [5.41, 5.74) is 3.48. The first-order valence-electron chi connectivity index (χ1n) is 9.89. The van der Waals surface area contributed by atoms with Gasteiger partial charge < -0.3 is 15.2 Å². The zero-order valence-corrected chi connectivity index (χ0v) is 17.0. The molecule has 0 aliphatic carbocycles. The Morgan fingerprint density at radius 3 is 2.83 bits per heavy atom. The number of hydrogen-bond acceptors (Lipinski definition) is 5. The molecule has 1 aromatic heterocycles. The second-order valence-corrected chi connectivity index (χ2v) is 7.44. The Kier molecular flexibility index (Phi) is 6.49. The fourth-order valence-electron chi connectivity index (χ4n) is 3.33. The van der Waals surface area contributed by atoms with Crippen LogP contribution in [0.2, 0.25) is 0 Å². The number of rotatable bonds is 7. The number of aryl methyl sites for hydroxylation is 1. The fourth-order valence-corrected chi connectivity index (χ4v) is 3.33. The normalized spacial score (nSPS) is 17.2. The third kappa shape index (κ3) is 4.92. The lowest BCUT2D eigenvalue weighted by atomic mass is 10.0. The van der Waals surface area contributed by atoms with Gasteiger partial charge in [-0.1, -0.05) is 19.4 Å².